The summed E-state index contributed by atoms with van der Waals surface area (Å²) in [7, 11) is 0. The van der Waals surface area contributed by atoms with E-state index in [0.29, 0.717) is 10.7 Å². The maximum atomic E-state index is 13.0. The van der Waals surface area contributed by atoms with Gasteiger partial charge in [0.05, 0.1) is 5.56 Å². The van der Waals surface area contributed by atoms with Gasteiger partial charge >= 0.3 is 0 Å². The molecule has 2 rings (SSSR count). The van der Waals surface area contributed by atoms with Crippen molar-refractivity contribution in [1.29, 1.82) is 0 Å². The van der Waals surface area contributed by atoms with E-state index < -0.39 is 18.1 Å². The Bertz CT molecular complexity index is 556. The van der Waals surface area contributed by atoms with E-state index in [9.17, 15) is 18.7 Å². The van der Waals surface area contributed by atoms with Gasteiger partial charge in [-0.15, -0.1) is 11.3 Å². The van der Waals surface area contributed by atoms with E-state index in [1.807, 2.05) is 13.8 Å². The molecular weight excluding hydrogens is 286 g/mol. The molecule has 0 fully saturated rings. The molecule has 1 unspecified atom stereocenters. The Morgan fingerprint density at radius 1 is 1.50 bits per heavy atom. The quantitative estimate of drug-likeness (QED) is 0.902. The van der Waals surface area contributed by atoms with Crippen LogP contribution in [0.25, 0.3) is 0 Å². The second-order valence-corrected chi connectivity index (χ2v) is 6.00. The van der Waals surface area contributed by atoms with Crippen LogP contribution >= 0.6 is 11.3 Å². The molecule has 4 nitrogen and oxygen atoms in total. The van der Waals surface area contributed by atoms with Crippen LogP contribution in [-0.4, -0.2) is 28.2 Å². The molecule has 1 aliphatic rings. The molecular formula is C13H16F2N2O2S. The Hall–Kier alpha value is -1.47. The van der Waals surface area contributed by atoms with Crippen LogP contribution in [0.15, 0.2) is 23.2 Å². The molecule has 110 valence electrons. The number of nitrogens with zero attached hydrogens (tertiary/aromatic N) is 1. The molecule has 20 heavy (non-hydrogen) atoms. The second kappa shape index (κ2) is 5.14. The first-order valence-electron chi connectivity index (χ1n) is 6.15. The number of halogens is 2. The van der Waals surface area contributed by atoms with E-state index in [0.717, 1.165) is 11.0 Å². The van der Waals surface area contributed by atoms with Crippen LogP contribution in [0.4, 0.5) is 8.78 Å². The van der Waals surface area contributed by atoms with Crippen molar-refractivity contribution >= 4 is 17.2 Å². The number of amides is 1. The molecule has 1 amide bonds. The van der Waals surface area contributed by atoms with Gasteiger partial charge in [-0.1, -0.05) is 13.8 Å². The molecule has 1 aliphatic heterocycles. The third-order valence-electron chi connectivity index (χ3n) is 3.04. The molecule has 2 heterocycles. The molecule has 0 saturated carbocycles. The molecule has 0 bridgehead atoms. The maximum Gasteiger partial charge on any atom is 0.291 e. The van der Waals surface area contributed by atoms with Gasteiger partial charge in [0.25, 0.3) is 12.3 Å². The van der Waals surface area contributed by atoms with Crippen LogP contribution in [0, 0.1) is 0 Å². The van der Waals surface area contributed by atoms with Gasteiger partial charge in [-0.05, 0) is 25.0 Å². The van der Waals surface area contributed by atoms with Gasteiger partial charge in [0.15, 0.2) is 0 Å². The van der Waals surface area contributed by atoms with Crippen molar-refractivity contribution in [2.75, 3.05) is 0 Å². The van der Waals surface area contributed by atoms with Crippen molar-refractivity contribution in [2.45, 2.75) is 38.8 Å². The monoisotopic (exact) mass is 302 g/mol. The van der Waals surface area contributed by atoms with Gasteiger partial charge < -0.3 is 5.11 Å². The minimum absolute atomic E-state index is 0.252. The first-order valence-corrected chi connectivity index (χ1v) is 7.03. The maximum absolute atomic E-state index is 13.0. The lowest BCUT2D eigenvalue weighted by Gasteiger charge is -2.31. The van der Waals surface area contributed by atoms with Crippen LogP contribution in [0.1, 0.15) is 41.9 Å². The van der Waals surface area contributed by atoms with Gasteiger partial charge in [-0.2, -0.15) is 0 Å². The zero-order valence-electron chi connectivity index (χ0n) is 11.4. The van der Waals surface area contributed by atoms with E-state index in [1.54, 1.807) is 11.4 Å². The van der Waals surface area contributed by atoms with Crippen molar-refractivity contribution in [1.82, 2.24) is 10.4 Å². The Balaban J connectivity index is 2.29. The molecule has 0 spiro atoms. The molecule has 0 radical (unpaired) electrons. The molecule has 1 aromatic heterocycles. The summed E-state index contributed by atoms with van der Waals surface area (Å²) in [5.74, 6) is -0.425. The molecule has 2 N–H and O–H groups in total. The lowest BCUT2D eigenvalue weighted by Crippen LogP contribution is -2.56. The van der Waals surface area contributed by atoms with Gasteiger partial charge in [0.2, 0.25) is 5.72 Å². The fraction of sp³-hybridized carbons (Fsp3) is 0.462. The largest absolute Gasteiger partial charge is 0.361 e. The summed E-state index contributed by atoms with van der Waals surface area (Å²) in [5.41, 5.74) is 0.464. The number of hydrogen-bond acceptors (Lipinski definition) is 4. The van der Waals surface area contributed by atoms with Crippen LogP contribution in [0.2, 0.25) is 0 Å². The predicted molar refractivity (Wildman–Crippen MR) is 72.4 cm³/mol. The third-order valence-corrected chi connectivity index (χ3v) is 4.27. The van der Waals surface area contributed by atoms with Crippen molar-refractivity contribution in [3.63, 3.8) is 0 Å². The normalized spacial score (nSPS) is 22.4. The lowest BCUT2D eigenvalue weighted by molar-refractivity contribution is -0.146. The number of carbonyl (C=O) groups is 1. The van der Waals surface area contributed by atoms with E-state index >= 15 is 0 Å². The van der Waals surface area contributed by atoms with Crippen molar-refractivity contribution < 1.29 is 18.7 Å². The van der Waals surface area contributed by atoms with E-state index in [-0.39, 0.29) is 11.5 Å². The van der Waals surface area contributed by atoms with Crippen LogP contribution < -0.4 is 5.43 Å². The molecule has 7 heteroatoms. The fourth-order valence-corrected chi connectivity index (χ4v) is 2.85. The molecule has 0 aliphatic carbocycles. The summed E-state index contributed by atoms with van der Waals surface area (Å²) < 4.78 is 26.1. The summed E-state index contributed by atoms with van der Waals surface area (Å²) in [6.07, 6.45) is -2.15. The van der Waals surface area contributed by atoms with Gasteiger partial charge in [0.1, 0.15) is 0 Å². The van der Waals surface area contributed by atoms with Crippen LogP contribution in [0.5, 0.6) is 0 Å². The Morgan fingerprint density at radius 3 is 2.65 bits per heavy atom. The smallest absolute Gasteiger partial charge is 0.291 e. The SMILES string of the molecule is CC1=CC(O)(C(F)F)N(C(=O)c2csc(C(C)C)c2)N1. The Kier molecular flexibility index (Phi) is 3.84. The summed E-state index contributed by atoms with van der Waals surface area (Å²) in [6, 6.07) is 1.67. The fourth-order valence-electron chi connectivity index (χ4n) is 1.95. The van der Waals surface area contributed by atoms with Crippen LogP contribution in [-0.2, 0) is 0 Å². The average molecular weight is 302 g/mol. The number of hydrogen-bond donors (Lipinski definition) is 2. The average Bonchev–Trinajstić information content (AvgIpc) is 2.94. The standard InChI is InChI=1S/C13H16F2N2O2S/c1-7(2)10-4-9(6-20-10)11(18)17-13(19,12(14)15)5-8(3)16-17/h4-7,12,16,19H,1-3H3. The highest BCUT2D eigenvalue weighted by Crippen LogP contribution is 2.31. The number of allylic oxidation sites excluding steroid dienone is 1. The van der Waals surface area contributed by atoms with E-state index in [2.05, 4.69) is 5.43 Å². The minimum Gasteiger partial charge on any atom is -0.361 e. The number of rotatable bonds is 3. The highest BCUT2D eigenvalue weighted by atomic mass is 32.1. The molecule has 1 aromatic rings. The molecule has 0 aromatic carbocycles. The first kappa shape index (κ1) is 14.9. The van der Waals surface area contributed by atoms with Crippen molar-refractivity contribution in [3.05, 3.63) is 33.7 Å². The zero-order valence-corrected chi connectivity index (χ0v) is 12.2. The zero-order chi connectivity index (χ0) is 15.1. The highest BCUT2D eigenvalue weighted by Gasteiger charge is 2.49. The van der Waals surface area contributed by atoms with Gasteiger partial charge in [-0.3, -0.25) is 10.2 Å². The predicted octanol–water partition coefficient (Wildman–Crippen LogP) is 2.69. The minimum atomic E-state index is -3.10. The van der Waals surface area contributed by atoms with E-state index in [4.69, 9.17) is 0 Å². The van der Waals surface area contributed by atoms with E-state index in [1.165, 1.54) is 18.3 Å². The Labute approximate surface area is 119 Å². The third kappa shape index (κ3) is 2.43. The lowest BCUT2D eigenvalue weighted by atomic mass is 10.1. The number of alkyl halides is 2. The number of thiophene rings is 1. The first-order chi connectivity index (χ1) is 9.25. The van der Waals surface area contributed by atoms with Gasteiger partial charge in [0, 0.05) is 16.0 Å². The summed E-state index contributed by atoms with van der Waals surface area (Å²) in [5, 5.41) is 12.2. The summed E-state index contributed by atoms with van der Waals surface area (Å²) in [6.45, 7) is 5.47. The van der Waals surface area contributed by atoms with Crippen molar-refractivity contribution in [3.8, 4) is 0 Å². The molecule has 1 atom stereocenters. The summed E-state index contributed by atoms with van der Waals surface area (Å²) in [4.78, 5) is 13.3. The number of carbonyl (C=O) groups excluding carboxylic acids is 1. The highest BCUT2D eigenvalue weighted by molar-refractivity contribution is 7.10. The Morgan fingerprint density at radius 2 is 2.15 bits per heavy atom. The number of hydrazine groups is 1. The summed E-state index contributed by atoms with van der Waals surface area (Å²) >= 11 is 1.39. The second-order valence-electron chi connectivity index (χ2n) is 5.06. The van der Waals surface area contributed by atoms with Crippen LogP contribution in [0.3, 0.4) is 0 Å². The van der Waals surface area contributed by atoms with Gasteiger partial charge in [-0.25, -0.2) is 13.8 Å². The molecule has 0 saturated heterocycles. The topological polar surface area (TPSA) is 52.6 Å². The van der Waals surface area contributed by atoms with Crippen molar-refractivity contribution in [2.24, 2.45) is 0 Å². The number of nitrogens with one attached hydrogen (secondary N) is 1. The number of aliphatic hydroxyl groups is 1.